The number of halogens is 3. The lowest BCUT2D eigenvalue weighted by Gasteiger charge is -2.40. The number of nitrogens with one attached hydrogen (secondary N) is 1. The fourth-order valence-electron chi connectivity index (χ4n) is 5.39. The second-order valence-corrected chi connectivity index (χ2v) is 10.5. The van der Waals surface area contributed by atoms with Crippen molar-refractivity contribution in [2.24, 2.45) is 5.41 Å². The number of piperidine rings is 1. The lowest BCUT2D eigenvalue weighted by atomic mass is 9.73. The number of aliphatic hydroxyl groups is 1. The van der Waals surface area contributed by atoms with Crippen molar-refractivity contribution in [2.45, 2.75) is 31.8 Å². The molecule has 0 radical (unpaired) electrons. The Balaban J connectivity index is 1.43. The Morgan fingerprint density at radius 2 is 1.83 bits per heavy atom. The predicted molar refractivity (Wildman–Crippen MR) is 147 cm³/mol. The Hall–Kier alpha value is -3.61. The predicted octanol–water partition coefficient (Wildman–Crippen LogP) is 4.21. The standard InChI is InChI=1S/C29H35F3N4O5/c1-35(2)24-17-33-23-5-4-18(40-3)14-20(23)26(24)25(37)6-7-29(28(38)34-39)8-10-36(11-9-29)12-13-41-19-15-21(30)27(32)22(31)16-19/h4-5,14-17,25,37,39H,6-13H2,1-3H3,(H,34,38)/t25-/m1/s1. The minimum absolute atomic E-state index is 0.105. The van der Waals surface area contributed by atoms with Crippen LogP contribution in [0.1, 0.15) is 37.4 Å². The molecule has 0 aliphatic carbocycles. The molecular formula is C29H35F3N4O5. The molecule has 4 rings (SSSR count). The van der Waals surface area contributed by atoms with Crippen LogP contribution in [0.5, 0.6) is 11.5 Å². The first-order valence-electron chi connectivity index (χ1n) is 13.3. The van der Waals surface area contributed by atoms with Gasteiger partial charge in [-0.1, -0.05) is 0 Å². The number of aromatic nitrogens is 1. The van der Waals surface area contributed by atoms with Crippen molar-refractivity contribution in [1.29, 1.82) is 0 Å². The zero-order valence-corrected chi connectivity index (χ0v) is 23.3. The molecule has 2 heterocycles. The highest BCUT2D eigenvalue weighted by Gasteiger charge is 2.41. The summed E-state index contributed by atoms with van der Waals surface area (Å²) >= 11 is 0. The van der Waals surface area contributed by atoms with Gasteiger partial charge in [0.1, 0.15) is 18.1 Å². The SMILES string of the molecule is COc1ccc2ncc(N(C)C)c([C@H](O)CCC3(C(=O)NO)CCN(CCOc4cc(F)c(F)c(F)c4)CC3)c2c1. The van der Waals surface area contributed by atoms with Gasteiger partial charge in [-0.25, -0.2) is 18.7 Å². The van der Waals surface area contributed by atoms with E-state index in [-0.39, 0.29) is 18.8 Å². The van der Waals surface area contributed by atoms with Gasteiger partial charge in [0.15, 0.2) is 17.5 Å². The van der Waals surface area contributed by atoms with Crippen LogP contribution in [-0.4, -0.2) is 73.6 Å². The third-order valence-corrected chi connectivity index (χ3v) is 7.84. The van der Waals surface area contributed by atoms with Gasteiger partial charge in [-0.3, -0.25) is 19.9 Å². The number of pyridine rings is 1. The average molecular weight is 577 g/mol. The summed E-state index contributed by atoms with van der Waals surface area (Å²) in [5.41, 5.74) is 3.03. The van der Waals surface area contributed by atoms with Crippen LogP contribution in [0.4, 0.5) is 18.9 Å². The maximum absolute atomic E-state index is 13.4. The van der Waals surface area contributed by atoms with Crippen molar-refractivity contribution in [3.05, 3.63) is 59.5 Å². The van der Waals surface area contributed by atoms with Crippen molar-refractivity contribution >= 4 is 22.5 Å². The number of aliphatic hydroxyl groups excluding tert-OH is 1. The van der Waals surface area contributed by atoms with Gasteiger partial charge in [-0.05, 0) is 57.0 Å². The van der Waals surface area contributed by atoms with Gasteiger partial charge in [0.25, 0.3) is 0 Å². The molecule has 1 saturated heterocycles. The van der Waals surface area contributed by atoms with Gasteiger partial charge in [-0.2, -0.15) is 0 Å². The van der Waals surface area contributed by atoms with Crippen LogP contribution in [0.3, 0.4) is 0 Å². The molecule has 1 aliphatic heterocycles. The van der Waals surface area contributed by atoms with E-state index in [1.807, 2.05) is 41.5 Å². The summed E-state index contributed by atoms with van der Waals surface area (Å²) in [6.07, 6.45) is 2.19. The van der Waals surface area contributed by atoms with Crippen LogP contribution in [0, 0.1) is 22.9 Å². The molecule has 12 heteroatoms. The first kappa shape index (κ1) is 30.4. The van der Waals surface area contributed by atoms with Crippen molar-refractivity contribution in [2.75, 3.05) is 52.3 Å². The van der Waals surface area contributed by atoms with Crippen LogP contribution in [0.25, 0.3) is 10.9 Å². The number of hydrogen-bond donors (Lipinski definition) is 3. The first-order chi connectivity index (χ1) is 19.6. The summed E-state index contributed by atoms with van der Waals surface area (Å²) < 4.78 is 50.8. The normalized spacial score (nSPS) is 15.9. The Kier molecular flexibility index (Phi) is 9.57. The van der Waals surface area contributed by atoms with Crippen molar-refractivity contribution in [1.82, 2.24) is 15.4 Å². The summed E-state index contributed by atoms with van der Waals surface area (Å²) in [7, 11) is 5.30. The highest BCUT2D eigenvalue weighted by Crippen LogP contribution is 2.41. The van der Waals surface area contributed by atoms with Gasteiger partial charge < -0.3 is 19.5 Å². The minimum Gasteiger partial charge on any atom is -0.497 e. The quantitative estimate of drug-likeness (QED) is 0.177. The van der Waals surface area contributed by atoms with Crippen LogP contribution in [-0.2, 0) is 4.79 Å². The highest BCUT2D eigenvalue weighted by molar-refractivity contribution is 5.88. The maximum atomic E-state index is 13.4. The number of anilines is 1. The molecule has 1 aromatic heterocycles. The van der Waals surface area contributed by atoms with E-state index in [4.69, 9.17) is 9.47 Å². The van der Waals surface area contributed by atoms with E-state index in [0.29, 0.717) is 55.7 Å². The number of hydroxylamine groups is 1. The van der Waals surface area contributed by atoms with Gasteiger partial charge in [-0.15, -0.1) is 0 Å². The zero-order chi connectivity index (χ0) is 29.7. The second kappa shape index (κ2) is 12.9. The zero-order valence-electron chi connectivity index (χ0n) is 23.3. The van der Waals surface area contributed by atoms with Crippen LogP contribution in [0.15, 0.2) is 36.5 Å². The number of carbonyl (C=O) groups excluding carboxylic acids is 1. The Morgan fingerprint density at radius 3 is 2.44 bits per heavy atom. The van der Waals surface area contributed by atoms with E-state index < -0.39 is 34.9 Å². The molecule has 1 atom stereocenters. The van der Waals surface area contributed by atoms with Crippen LogP contribution >= 0.6 is 0 Å². The van der Waals surface area contributed by atoms with Crippen molar-refractivity contribution in [3.63, 3.8) is 0 Å². The van der Waals surface area contributed by atoms with Gasteiger partial charge in [0, 0.05) is 43.7 Å². The van der Waals surface area contributed by atoms with Crippen LogP contribution < -0.4 is 19.9 Å². The molecule has 41 heavy (non-hydrogen) atoms. The summed E-state index contributed by atoms with van der Waals surface area (Å²) in [5, 5.41) is 21.7. The molecule has 222 valence electrons. The van der Waals surface area contributed by atoms with E-state index in [2.05, 4.69) is 4.98 Å². The third kappa shape index (κ3) is 6.66. The number of fused-ring (bicyclic) bond motifs is 1. The lowest BCUT2D eigenvalue weighted by molar-refractivity contribution is -0.143. The molecule has 3 N–H and O–H groups in total. The molecule has 2 aromatic carbocycles. The third-order valence-electron chi connectivity index (χ3n) is 7.84. The van der Waals surface area contributed by atoms with E-state index in [9.17, 15) is 28.3 Å². The number of nitrogens with zero attached hydrogens (tertiary/aromatic N) is 3. The molecular weight excluding hydrogens is 541 g/mol. The summed E-state index contributed by atoms with van der Waals surface area (Å²) in [4.78, 5) is 21.3. The molecule has 0 spiro atoms. The minimum atomic E-state index is -1.55. The molecule has 1 aliphatic rings. The fourth-order valence-corrected chi connectivity index (χ4v) is 5.39. The molecule has 0 bridgehead atoms. The number of ether oxygens (including phenoxy) is 2. The lowest BCUT2D eigenvalue weighted by Crippen LogP contribution is -2.49. The first-order valence-corrected chi connectivity index (χ1v) is 13.3. The smallest absolute Gasteiger partial charge is 0.249 e. The topological polar surface area (TPSA) is 107 Å². The molecule has 3 aromatic rings. The van der Waals surface area contributed by atoms with Gasteiger partial charge in [0.2, 0.25) is 5.91 Å². The fraction of sp³-hybridized carbons (Fsp3) is 0.448. The molecule has 0 unspecified atom stereocenters. The largest absolute Gasteiger partial charge is 0.497 e. The molecule has 9 nitrogen and oxygen atoms in total. The second-order valence-electron chi connectivity index (χ2n) is 10.5. The van der Waals surface area contributed by atoms with Crippen molar-refractivity contribution in [3.8, 4) is 11.5 Å². The number of carbonyl (C=O) groups is 1. The van der Waals surface area contributed by atoms with E-state index >= 15 is 0 Å². The summed E-state index contributed by atoms with van der Waals surface area (Å²) in [5.74, 6) is -4.18. The average Bonchev–Trinajstić information content (AvgIpc) is 2.97. The maximum Gasteiger partial charge on any atom is 0.249 e. The number of rotatable bonds is 11. The molecule has 1 amide bonds. The van der Waals surface area contributed by atoms with Gasteiger partial charge >= 0.3 is 0 Å². The number of amides is 1. The molecule has 0 saturated carbocycles. The molecule has 1 fully saturated rings. The van der Waals surface area contributed by atoms with Crippen molar-refractivity contribution < 1.29 is 37.8 Å². The monoisotopic (exact) mass is 576 g/mol. The Labute approximate surface area is 236 Å². The van der Waals surface area contributed by atoms with E-state index in [1.165, 1.54) is 0 Å². The number of benzene rings is 2. The number of methoxy groups -OCH3 is 1. The highest BCUT2D eigenvalue weighted by atomic mass is 19.2. The number of likely N-dealkylation sites (tertiary alicyclic amines) is 1. The number of hydrogen-bond acceptors (Lipinski definition) is 8. The van der Waals surface area contributed by atoms with E-state index in [0.717, 1.165) is 23.2 Å². The van der Waals surface area contributed by atoms with Gasteiger partial charge in [0.05, 0.1) is 36.0 Å². The summed E-state index contributed by atoms with van der Waals surface area (Å²) in [6.45, 7) is 1.51. The van der Waals surface area contributed by atoms with Crippen LogP contribution in [0.2, 0.25) is 0 Å². The Bertz CT molecular complexity index is 1360. The summed E-state index contributed by atoms with van der Waals surface area (Å²) in [6, 6.07) is 7.05. The van der Waals surface area contributed by atoms with E-state index in [1.54, 1.807) is 19.4 Å². The Morgan fingerprint density at radius 1 is 1.15 bits per heavy atom.